The fraction of sp³-hybridized carbons (Fsp3) is 0.500. The van der Waals surface area contributed by atoms with Gasteiger partial charge in [0, 0.05) is 12.5 Å². The van der Waals surface area contributed by atoms with Crippen LogP contribution in [0.25, 0.3) is 0 Å². The summed E-state index contributed by atoms with van der Waals surface area (Å²) in [5.74, 6) is -0.303. The lowest BCUT2D eigenvalue weighted by atomic mass is 9.72. The molecule has 3 nitrogen and oxygen atoms in total. The summed E-state index contributed by atoms with van der Waals surface area (Å²) in [6.45, 7) is 9.18. The van der Waals surface area contributed by atoms with Gasteiger partial charge in [0.15, 0.2) is 6.29 Å². The third-order valence-corrected chi connectivity index (χ3v) is 4.54. The number of hydrogen-bond acceptors (Lipinski definition) is 3. The van der Waals surface area contributed by atoms with Crippen LogP contribution in [0.2, 0.25) is 0 Å². The van der Waals surface area contributed by atoms with E-state index in [1.165, 1.54) is 30.4 Å². The Morgan fingerprint density at radius 3 is 2.70 bits per heavy atom. The second kappa shape index (κ2) is 8.78. The summed E-state index contributed by atoms with van der Waals surface area (Å²) in [4.78, 5) is 10.6. The molecular formula is C20H30N2O. The van der Waals surface area contributed by atoms with E-state index in [0.717, 1.165) is 5.57 Å². The van der Waals surface area contributed by atoms with Crippen molar-refractivity contribution in [2.24, 2.45) is 17.1 Å². The lowest BCUT2D eigenvalue weighted by Crippen LogP contribution is -2.21. The molecule has 1 unspecified atom stereocenters. The van der Waals surface area contributed by atoms with Crippen molar-refractivity contribution in [1.82, 2.24) is 0 Å². The monoisotopic (exact) mass is 314 g/mol. The highest BCUT2D eigenvalue weighted by Crippen LogP contribution is 2.40. The van der Waals surface area contributed by atoms with Crippen molar-refractivity contribution in [3.8, 4) is 0 Å². The molecule has 0 amide bonds. The Kier molecular flexibility index (Phi) is 7.37. The SMILES string of the molecule is CC(C=CC1=C(C)CCCC1(C)C)=CC=CC(CN)C(=N)C=O. The highest BCUT2D eigenvalue weighted by Gasteiger charge is 2.26. The summed E-state index contributed by atoms with van der Waals surface area (Å²) in [5, 5.41) is 7.52. The van der Waals surface area contributed by atoms with Crippen LogP contribution in [0.3, 0.4) is 0 Å². The predicted octanol–water partition coefficient (Wildman–Crippen LogP) is 4.37. The minimum absolute atomic E-state index is 0.0232. The lowest BCUT2D eigenvalue weighted by Gasteiger charge is -2.32. The maximum Gasteiger partial charge on any atom is 0.164 e. The second-order valence-corrected chi connectivity index (χ2v) is 6.98. The van der Waals surface area contributed by atoms with Gasteiger partial charge in [-0.3, -0.25) is 4.79 Å². The lowest BCUT2D eigenvalue weighted by molar-refractivity contribution is -0.103. The average molecular weight is 314 g/mol. The molecule has 23 heavy (non-hydrogen) atoms. The molecule has 0 aromatic carbocycles. The summed E-state index contributed by atoms with van der Waals surface area (Å²) in [6, 6.07) is 0. The van der Waals surface area contributed by atoms with Crippen molar-refractivity contribution in [2.45, 2.75) is 47.0 Å². The summed E-state index contributed by atoms with van der Waals surface area (Å²) in [6.07, 6.45) is 14.3. The van der Waals surface area contributed by atoms with Crippen LogP contribution in [0.1, 0.15) is 47.0 Å². The molecule has 1 aliphatic rings. The van der Waals surface area contributed by atoms with E-state index >= 15 is 0 Å². The molecule has 0 fully saturated rings. The van der Waals surface area contributed by atoms with E-state index in [-0.39, 0.29) is 23.6 Å². The Morgan fingerprint density at radius 2 is 2.13 bits per heavy atom. The zero-order valence-corrected chi connectivity index (χ0v) is 14.9. The van der Waals surface area contributed by atoms with Crippen LogP contribution in [-0.2, 0) is 4.79 Å². The maximum absolute atomic E-state index is 10.6. The van der Waals surface area contributed by atoms with Crippen molar-refractivity contribution in [3.63, 3.8) is 0 Å². The topological polar surface area (TPSA) is 66.9 Å². The number of carbonyl (C=O) groups is 1. The van der Waals surface area contributed by atoms with Crippen LogP contribution >= 0.6 is 0 Å². The van der Waals surface area contributed by atoms with Gasteiger partial charge in [-0.2, -0.15) is 0 Å². The number of hydrogen-bond donors (Lipinski definition) is 2. The minimum Gasteiger partial charge on any atom is -0.329 e. The normalized spacial score (nSPS) is 20.3. The molecule has 3 heteroatoms. The summed E-state index contributed by atoms with van der Waals surface area (Å²) in [5.41, 5.74) is 9.92. The average Bonchev–Trinajstić information content (AvgIpc) is 2.49. The zero-order chi connectivity index (χ0) is 17.5. The van der Waals surface area contributed by atoms with E-state index in [2.05, 4.69) is 39.8 Å². The molecule has 0 aromatic rings. The Labute approximate surface area is 140 Å². The molecule has 1 rings (SSSR count). The van der Waals surface area contributed by atoms with Crippen LogP contribution in [0.5, 0.6) is 0 Å². The maximum atomic E-state index is 10.6. The molecule has 0 aliphatic heterocycles. The van der Waals surface area contributed by atoms with Gasteiger partial charge in [0.25, 0.3) is 0 Å². The smallest absolute Gasteiger partial charge is 0.164 e. The first kappa shape index (κ1) is 19.3. The quantitative estimate of drug-likeness (QED) is 0.416. The molecule has 0 bridgehead atoms. The number of nitrogens with one attached hydrogen (secondary N) is 1. The van der Waals surface area contributed by atoms with Crippen LogP contribution in [0, 0.1) is 16.7 Å². The summed E-state index contributed by atoms with van der Waals surface area (Å²) < 4.78 is 0. The molecule has 0 saturated heterocycles. The van der Waals surface area contributed by atoms with Gasteiger partial charge in [-0.05, 0) is 44.1 Å². The van der Waals surface area contributed by atoms with E-state index < -0.39 is 0 Å². The molecule has 0 spiro atoms. The Bertz CT molecular complexity index is 562. The van der Waals surface area contributed by atoms with E-state index in [4.69, 9.17) is 11.1 Å². The number of carbonyl (C=O) groups excluding carboxylic acids is 1. The molecule has 0 heterocycles. The van der Waals surface area contributed by atoms with Crippen LogP contribution in [-0.4, -0.2) is 18.5 Å². The largest absolute Gasteiger partial charge is 0.329 e. The molecule has 0 radical (unpaired) electrons. The van der Waals surface area contributed by atoms with Gasteiger partial charge in [0.05, 0.1) is 5.71 Å². The fourth-order valence-corrected chi connectivity index (χ4v) is 3.02. The van der Waals surface area contributed by atoms with Gasteiger partial charge >= 0.3 is 0 Å². The summed E-state index contributed by atoms with van der Waals surface area (Å²) in [7, 11) is 0. The van der Waals surface area contributed by atoms with E-state index in [0.29, 0.717) is 6.29 Å². The molecule has 1 aliphatic carbocycles. The molecule has 126 valence electrons. The van der Waals surface area contributed by atoms with Crippen LogP contribution < -0.4 is 5.73 Å². The number of rotatable bonds is 7. The molecule has 1 atom stereocenters. The fourth-order valence-electron chi connectivity index (χ4n) is 3.02. The Balaban J connectivity index is 2.80. The third kappa shape index (κ3) is 5.76. The second-order valence-electron chi connectivity index (χ2n) is 6.98. The van der Waals surface area contributed by atoms with Crippen molar-refractivity contribution in [3.05, 3.63) is 47.1 Å². The third-order valence-electron chi connectivity index (χ3n) is 4.54. The van der Waals surface area contributed by atoms with Crippen molar-refractivity contribution >= 4 is 12.0 Å². The highest BCUT2D eigenvalue weighted by atomic mass is 16.1. The van der Waals surface area contributed by atoms with Gasteiger partial charge in [-0.15, -0.1) is 0 Å². The van der Waals surface area contributed by atoms with Gasteiger partial charge < -0.3 is 11.1 Å². The van der Waals surface area contributed by atoms with Gasteiger partial charge in [-0.1, -0.05) is 55.4 Å². The van der Waals surface area contributed by atoms with Crippen LogP contribution in [0.4, 0.5) is 0 Å². The standard InChI is InChI=1S/C20H30N2O/c1-15(7-5-9-17(13-21)19(22)14-23)10-11-18-16(2)8-6-12-20(18,3)4/h5,7,9-11,14,17,22H,6,8,12-13,21H2,1-4H3. The highest BCUT2D eigenvalue weighted by molar-refractivity contribution is 6.28. The van der Waals surface area contributed by atoms with Crippen molar-refractivity contribution in [2.75, 3.05) is 6.54 Å². The molecule has 0 saturated carbocycles. The zero-order valence-electron chi connectivity index (χ0n) is 14.9. The number of aldehydes is 1. The number of allylic oxidation sites excluding steroid dienone is 7. The first-order chi connectivity index (χ1) is 10.8. The van der Waals surface area contributed by atoms with Gasteiger partial charge in [0.1, 0.15) is 0 Å². The molecule has 0 aromatic heterocycles. The van der Waals surface area contributed by atoms with E-state index in [1.807, 2.05) is 18.2 Å². The van der Waals surface area contributed by atoms with E-state index in [9.17, 15) is 4.79 Å². The van der Waals surface area contributed by atoms with Gasteiger partial charge in [0.2, 0.25) is 0 Å². The first-order valence-corrected chi connectivity index (χ1v) is 8.29. The minimum atomic E-state index is -0.303. The van der Waals surface area contributed by atoms with Crippen LogP contribution in [0.15, 0.2) is 47.1 Å². The van der Waals surface area contributed by atoms with Gasteiger partial charge in [-0.25, -0.2) is 0 Å². The van der Waals surface area contributed by atoms with E-state index in [1.54, 1.807) is 0 Å². The molecule has 3 N–H and O–H groups in total. The van der Waals surface area contributed by atoms with Crippen molar-refractivity contribution < 1.29 is 4.79 Å². The van der Waals surface area contributed by atoms with Crippen molar-refractivity contribution in [1.29, 1.82) is 5.41 Å². The predicted molar refractivity (Wildman–Crippen MR) is 98.7 cm³/mol. The Hall–Kier alpha value is -1.74. The summed E-state index contributed by atoms with van der Waals surface area (Å²) >= 11 is 0. The Morgan fingerprint density at radius 1 is 1.43 bits per heavy atom. The first-order valence-electron chi connectivity index (χ1n) is 8.29. The number of nitrogens with two attached hydrogens (primary N) is 1. The molecular weight excluding hydrogens is 284 g/mol.